The van der Waals surface area contributed by atoms with Crippen molar-refractivity contribution in [1.82, 2.24) is 35.2 Å². The van der Waals surface area contributed by atoms with E-state index in [0.29, 0.717) is 30.5 Å². The number of hydrogen-bond donors (Lipinski definition) is 2. The van der Waals surface area contributed by atoms with Gasteiger partial charge in [0.25, 0.3) is 5.91 Å². The lowest BCUT2D eigenvalue weighted by Gasteiger charge is -2.37. The van der Waals surface area contributed by atoms with E-state index in [9.17, 15) is 10.1 Å². The molecule has 3 aliphatic rings. The molecule has 0 bridgehead atoms. The Morgan fingerprint density at radius 2 is 1.72 bits per heavy atom. The van der Waals surface area contributed by atoms with Gasteiger partial charge in [0.2, 0.25) is 0 Å². The molecule has 2 fully saturated rings. The van der Waals surface area contributed by atoms with Crippen LogP contribution in [-0.2, 0) is 18.3 Å². The number of fused-ring (bicyclic) bond motifs is 3. The zero-order chi connectivity index (χ0) is 32.9. The number of nitrogens with zero attached hydrogens (tertiary/aromatic N) is 6. The highest BCUT2D eigenvalue weighted by molar-refractivity contribution is 5.94. The molecule has 9 heteroatoms. The first-order valence-electron chi connectivity index (χ1n) is 16.3. The number of H-pyrrole nitrogens is 1. The number of rotatable bonds is 10. The fraction of sp³-hybridized carbons (Fsp3) is 0.459. The Morgan fingerprint density at radius 3 is 2.30 bits per heavy atom. The van der Waals surface area contributed by atoms with E-state index < -0.39 is 5.41 Å². The largest absolute Gasteiger partial charge is 0.378 e. The summed E-state index contributed by atoms with van der Waals surface area (Å²) in [6.45, 7) is 13.5. The summed E-state index contributed by atoms with van der Waals surface area (Å²) in [6.07, 6.45) is 4.40. The van der Waals surface area contributed by atoms with Gasteiger partial charge in [-0.05, 0) is 97.9 Å². The van der Waals surface area contributed by atoms with Crippen molar-refractivity contribution in [3.05, 3.63) is 100 Å². The van der Waals surface area contributed by atoms with Crippen molar-refractivity contribution in [3.63, 3.8) is 0 Å². The molecule has 2 heterocycles. The fourth-order valence-electron chi connectivity index (χ4n) is 7.73. The lowest BCUT2D eigenvalue weighted by molar-refractivity contribution is 0.0827. The molecule has 0 radical (unpaired) electrons. The van der Waals surface area contributed by atoms with Crippen molar-refractivity contribution < 1.29 is 4.79 Å². The maximum absolute atomic E-state index is 13.1. The number of carbonyl (C=O) groups is 1. The molecule has 240 valence electrons. The standard InChI is InChI=1S/C37H46N8O/c1-22(39-21-23(2)45-31(20-38)17-30-18-34(30)45)19-37(36-40-25(4)41-42-36)32-13-11-26(24(3)43(5)6)15-27(32)9-10-28-16-29(12-14-33(28)37)35(46)44(7)8/h11-16,22,30-31,34,39H,2-3,9-10,17-19,21H2,1,4-8H3,(H,40,41,42)/t22-,30-,31?,34+,37?/m1/s1. The van der Waals surface area contributed by atoms with Crippen LogP contribution in [0.15, 0.2) is 55.3 Å². The van der Waals surface area contributed by atoms with E-state index in [1.165, 1.54) is 11.1 Å². The molecule has 2 aromatic carbocycles. The number of carbonyl (C=O) groups excluding carboxylic acids is 1. The lowest BCUT2D eigenvalue weighted by atomic mass is 9.67. The van der Waals surface area contributed by atoms with Crippen LogP contribution in [0.3, 0.4) is 0 Å². The smallest absolute Gasteiger partial charge is 0.253 e. The van der Waals surface area contributed by atoms with E-state index in [4.69, 9.17) is 5.10 Å². The van der Waals surface area contributed by atoms with Gasteiger partial charge in [0, 0.05) is 63.8 Å². The Morgan fingerprint density at radius 1 is 1.07 bits per heavy atom. The van der Waals surface area contributed by atoms with Crippen LogP contribution in [0.2, 0.25) is 0 Å². The van der Waals surface area contributed by atoms with Crippen molar-refractivity contribution in [1.29, 1.82) is 5.26 Å². The van der Waals surface area contributed by atoms with Gasteiger partial charge in [0.1, 0.15) is 17.7 Å². The number of hydrogen-bond acceptors (Lipinski definition) is 7. The van der Waals surface area contributed by atoms with Crippen LogP contribution in [0.4, 0.5) is 0 Å². The van der Waals surface area contributed by atoms with Gasteiger partial charge in [-0.1, -0.05) is 31.4 Å². The topological polar surface area (TPSA) is 104 Å². The first-order valence-corrected chi connectivity index (χ1v) is 16.3. The van der Waals surface area contributed by atoms with Crippen LogP contribution >= 0.6 is 0 Å². The van der Waals surface area contributed by atoms with Gasteiger partial charge in [-0.15, -0.1) is 10.2 Å². The second kappa shape index (κ2) is 12.1. The van der Waals surface area contributed by atoms with E-state index in [1.807, 2.05) is 32.0 Å². The molecular weight excluding hydrogens is 572 g/mol. The molecule has 1 amide bonds. The molecule has 6 rings (SSSR count). The van der Waals surface area contributed by atoms with E-state index in [0.717, 1.165) is 65.4 Å². The third-order valence-corrected chi connectivity index (χ3v) is 10.2. The molecule has 2 unspecified atom stereocenters. The molecule has 1 saturated carbocycles. The number of amides is 1. The third kappa shape index (κ3) is 5.49. The molecule has 9 nitrogen and oxygen atoms in total. The molecule has 46 heavy (non-hydrogen) atoms. The monoisotopic (exact) mass is 618 g/mol. The van der Waals surface area contributed by atoms with Crippen LogP contribution in [0.1, 0.15) is 76.0 Å². The summed E-state index contributed by atoms with van der Waals surface area (Å²) in [5.74, 6) is 2.16. The summed E-state index contributed by atoms with van der Waals surface area (Å²) >= 11 is 0. The van der Waals surface area contributed by atoms with Gasteiger partial charge in [-0.2, -0.15) is 5.26 Å². The van der Waals surface area contributed by atoms with Crippen molar-refractivity contribution in [3.8, 4) is 6.07 Å². The van der Waals surface area contributed by atoms with Crippen molar-refractivity contribution >= 4 is 11.6 Å². The van der Waals surface area contributed by atoms with Crippen LogP contribution in [-0.4, -0.2) is 88.6 Å². The number of nitriles is 1. The summed E-state index contributed by atoms with van der Waals surface area (Å²) in [4.78, 5) is 22.5. The Hall–Kier alpha value is -4.42. The number of aromatic amines is 1. The van der Waals surface area contributed by atoms with Crippen LogP contribution in [0.25, 0.3) is 5.70 Å². The van der Waals surface area contributed by atoms with E-state index in [2.05, 4.69) is 76.8 Å². The zero-order valence-corrected chi connectivity index (χ0v) is 28.0. The second-order valence-electron chi connectivity index (χ2n) is 13.9. The van der Waals surface area contributed by atoms with Gasteiger partial charge in [-0.25, -0.2) is 0 Å². The molecule has 2 N–H and O–H groups in total. The van der Waals surface area contributed by atoms with Crippen molar-refractivity contribution in [2.45, 2.75) is 69.5 Å². The van der Waals surface area contributed by atoms with E-state index in [-0.39, 0.29) is 18.0 Å². The molecule has 1 saturated heterocycles. The number of aryl methyl sites for hydroxylation is 3. The predicted molar refractivity (Wildman–Crippen MR) is 181 cm³/mol. The van der Waals surface area contributed by atoms with Crippen molar-refractivity contribution in [2.75, 3.05) is 34.7 Å². The minimum atomic E-state index is -0.668. The Bertz CT molecular complexity index is 1660. The molecule has 1 aliphatic heterocycles. The summed E-state index contributed by atoms with van der Waals surface area (Å²) in [5, 5.41) is 22.8. The minimum Gasteiger partial charge on any atom is -0.378 e. The second-order valence-corrected chi connectivity index (χ2v) is 13.9. The Balaban J connectivity index is 1.44. The summed E-state index contributed by atoms with van der Waals surface area (Å²) in [7, 11) is 7.60. The summed E-state index contributed by atoms with van der Waals surface area (Å²) in [5.41, 5.74) is 7.71. The number of aromatic nitrogens is 3. The summed E-state index contributed by atoms with van der Waals surface area (Å²) in [6, 6.07) is 15.7. The van der Waals surface area contributed by atoms with Crippen LogP contribution in [0, 0.1) is 24.2 Å². The first kappa shape index (κ1) is 31.6. The van der Waals surface area contributed by atoms with Crippen LogP contribution in [0.5, 0.6) is 0 Å². The highest BCUT2D eigenvalue weighted by Gasteiger charge is 2.52. The normalized spacial score (nSPS) is 23.3. The van der Waals surface area contributed by atoms with Gasteiger partial charge >= 0.3 is 0 Å². The van der Waals surface area contributed by atoms with Gasteiger partial charge in [0.15, 0.2) is 0 Å². The third-order valence-electron chi connectivity index (χ3n) is 10.2. The van der Waals surface area contributed by atoms with Crippen LogP contribution < -0.4 is 5.32 Å². The highest BCUT2D eigenvalue weighted by Crippen LogP contribution is 2.50. The molecule has 3 aromatic rings. The van der Waals surface area contributed by atoms with Crippen molar-refractivity contribution in [2.24, 2.45) is 5.92 Å². The summed E-state index contributed by atoms with van der Waals surface area (Å²) < 4.78 is 0. The average Bonchev–Trinajstić information content (AvgIpc) is 3.53. The maximum atomic E-state index is 13.1. The Kier molecular flexibility index (Phi) is 8.28. The van der Waals surface area contributed by atoms with Gasteiger partial charge in [-0.3, -0.25) is 4.79 Å². The van der Waals surface area contributed by atoms with Gasteiger partial charge in [0.05, 0.1) is 11.5 Å². The number of likely N-dealkylation sites (tertiary alicyclic amines) is 1. The SMILES string of the molecule is C=C(c1ccc2c(c1)CCc1cc(C(=O)N(C)C)ccc1C2(C[C@@H](C)NCC(=C)N1C(C#N)C[C@@H]2C[C@@H]21)c1nnc(C)[nH]1)N(C)C. The molecule has 5 atom stereocenters. The first-order chi connectivity index (χ1) is 21.9. The predicted octanol–water partition coefficient (Wildman–Crippen LogP) is 4.65. The van der Waals surface area contributed by atoms with E-state index >= 15 is 0 Å². The fourth-order valence-corrected chi connectivity index (χ4v) is 7.73. The minimum absolute atomic E-state index is 0.0146. The molecule has 0 spiro atoms. The molecule has 2 aliphatic carbocycles. The average molecular weight is 619 g/mol. The van der Waals surface area contributed by atoms with Gasteiger partial charge < -0.3 is 25.0 Å². The highest BCUT2D eigenvalue weighted by atomic mass is 16.2. The maximum Gasteiger partial charge on any atom is 0.253 e. The van der Waals surface area contributed by atoms with E-state index in [1.54, 1.807) is 19.0 Å². The lowest BCUT2D eigenvalue weighted by Crippen LogP contribution is -2.42. The zero-order valence-electron chi connectivity index (χ0n) is 28.0. The number of nitrogens with one attached hydrogen (secondary N) is 2. The number of piperidine rings is 1. The Labute approximate surface area is 273 Å². The molecule has 1 aromatic heterocycles. The molecular formula is C37H46N8O. The number of benzene rings is 2. The quantitative estimate of drug-likeness (QED) is 0.341.